The van der Waals surface area contributed by atoms with Gasteiger partial charge in [0.25, 0.3) is 5.91 Å². The third-order valence-corrected chi connectivity index (χ3v) is 3.92. The third-order valence-electron chi connectivity index (χ3n) is 3.92. The summed E-state index contributed by atoms with van der Waals surface area (Å²) in [5.74, 6) is -0.0643. The highest BCUT2D eigenvalue weighted by Gasteiger charge is 2.12. The number of amides is 2. The van der Waals surface area contributed by atoms with Gasteiger partial charge in [-0.25, -0.2) is 9.97 Å². The van der Waals surface area contributed by atoms with Crippen LogP contribution in [0.4, 0.5) is 17.3 Å². The van der Waals surface area contributed by atoms with Gasteiger partial charge < -0.3 is 15.5 Å². The van der Waals surface area contributed by atoms with Crippen LogP contribution >= 0.6 is 0 Å². The van der Waals surface area contributed by atoms with Gasteiger partial charge in [-0.15, -0.1) is 0 Å². The van der Waals surface area contributed by atoms with Gasteiger partial charge in [0.2, 0.25) is 11.9 Å². The maximum Gasteiger partial charge on any atom is 0.274 e. The number of carbonyl (C=O) groups excluding carboxylic acids is 2. The number of benzene rings is 2. The molecule has 0 radical (unpaired) electrons. The molecule has 7 nitrogen and oxygen atoms in total. The second-order valence-corrected chi connectivity index (χ2v) is 6.30. The van der Waals surface area contributed by atoms with Crippen LogP contribution in [0.2, 0.25) is 0 Å². The molecule has 2 N–H and O–H groups in total. The molecule has 0 unspecified atom stereocenters. The van der Waals surface area contributed by atoms with Crippen molar-refractivity contribution in [2.75, 3.05) is 22.6 Å². The van der Waals surface area contributed by atoms with Crippen LogP contribution in [0.15, 0.2) is 66.9 Å². The minimum Gasteiger partial charge on any atom is -0.340 e. The lowest BCUT2D eigenvalue weighted by Gasteiger charge is -2.17. The van der Waals surface area contributed by atoms with Crippen molar-refractivity contribution in [3.05, 3.63) is 78.1 Å². The molecule has 0 spiro atoms. The van der Waals surface area contributed by atoms with Crippen LogP contribution in [0.5, 0.6) is 0 Å². The molecular weight excluding hydrogens is 354 g/mol. The first-order valence-electron chi connectivity index (χ1n) is 8.78. The SMILES string of the molecule is CC(=O)Nc1cccc(NC(=O)c2ccnc(N(C)Cc3ccccc3)n2)c1. The molecule has 3 rings (SSSR count). The van der Waals surface area contributed by atoms with E-state index in [1.54, 1.807) is 36.5 Å². The average molecular weight is 375 g/mol. The summed E-state index contributed by atoms with van der Waals surface area (Å²) in [6, 6.07) is 18.4. The van der Waals surface area contributed by atoms with Gasteiger partial charge in [-0.2, -0.15) is 0 Å². The summed E-state index contributed by atoms with van der Waals surface area (Å²) in [6.45, 7) is 2.06. The van der Waals surface area contributed by atoms with Crippen molar-refractivity contribution in [1.29, 1.82) is 0 Å². The molecule has 0 aliphatic heterocycles. The average Bonchev–Trinajstić information content (AvgIpc) is 2.68. The molecule has 0 saturated carbocycles. The summed E-state index contributed by atoms with van der Waals surface area (Å²) in [5, 5.41) is 5.47. The van der Waals surface area contributed by atoms with Crippen LogP contribution in [0.25, 0.3) is 0 Å². The zero-order valence-corrected chi connectivity index (χ0v) is 15.7. The lowest BCUT2D eigenvalue weighted by molar-refractivity contribution is -0.114. The van der Waals surface area contributed by atoms with E-state index in [9.17, 15) is 9.59 Å². The van der Waals surface area contributed by atoms with Crippen molar-refractivity contribution in [1.82, 2.24) is 9.97 Å². The third kappa shape index (κ3) is 5.14. The number of aromatic nitrogens is 2. The summed E-state index contributed by atoms with van der Waals surface area (Å²) >= 11 is 0. The number of rotatable bonds is 6. The molecule has 7 heteroatoms. The van der Waals surface area contributed by atoms with E-state index in [2.05, 4.69) is 20.6 Å². The van der Waals surface area contributed by atoms with E-state index in [1.165, 1.54) is 6.92 Å². The van der Waals surface area contributed by atoms with E-state index in [1.807, 2.05) is 42.3 Å². The van der Waals surface area contributed by atoms with Crippen LogP contribution in [0.3, 0.4) is 0 Å². The van der Waals surface area contributed by atoms with Crippen molar-refractivity contribution in [3.63, 3.8) is 0 Å². The first-order valence-corrected chi connectivity index (χ1v) is 8.78. The van der Waals surface area contributed by atoms with E-state index in [-0.39, 0.29) is 17.5 Å². The largest absolute Gasteiger partial charge is 0.340 e. The molecule has 0 atom stereocenters. The highest BCUT2D eigenvalue weighted by atomic mass is 16.2. The maximum atomic E-state index is 12.6. The molecule has 0 fully saturated rings. The van der Waals surface area contributed by atoms with Crippen molar-refractivity contribution < 1.29 is 9.59 Å². The van der Waals surface area contributed by atoms with E-state index in [0.717, 1.165) is 5.56 Å². The molecule has 142 valence electrons. The number of nitrogens with one attached hydrogen (secondary N) is 2. The first kappa shape index (κ1) is 19.0. The van der Waals surface area contributed by atoms with Crippen molar-refractivity contribution in [2.24, 2.45) is 0 Å². The Hall–Kier alpha value is -3.74. The molecule has 0 aliphatic rings. The Kier molecular flexibility index (Phi) is 5.96. The Labute approximate surface area is 163 Å². The van der Waals surface area contributed by atoms with E-state index in [4.69, 9.17) is 0 Å². The van der Waals surface area contributed by atoms with E-state index >= 15 is 0 Å². The van der Waals surface area contributed by atoms with Gasteiger partial charge >= 0.3 is 0 Å². The summed E-state index contributed by atoms with van der Waals surface area (Å²) in [5.41, 5.74) is 2.55. The molecule has 3 aromatic rings. The maximum absolute atomic E-state index is 12.6. The number of hydrogen-bond acceptors (Lipinski definition) is 5. The number of hydrogen-bond donors (Lipinski definition) is 2. The zero-order chi connectivity index (χ0) is 19.9. The van der Waals surface area contributed by atoms with Crippen molar-refractivity contribution in [2.45, 2.75) is 13.5 Å². The second-order valence-electron chi connectivity index (χ2n) is 6.30. The van der Waals surface area contributed by atoms with Crippen LogP contribution in [0.1, 0.15) is 23.0 Å². The number of anilines is 3. The predicted molar refractivity (Wildman–Crippen MR) is 109 cm³/mol. The van der Waals surface area contributed by atoms with E-state index < -0.39 is 0 Å². The molecular formula is C21H21N5O2. The molecule has 2 aromatic carbocycles. The molecule has 28 heavy (non-hydrogen) atoms. The molecule has 0 bridgehead atoms. The quantitative estimate of drug-likeness (QED) is 0.690. The minimum atomic E-state index is -0.350. The standard InChI is InChI=1S/C21H21N5O2/c1-15(27)23-17-9-6-10-18(13-17)24-20(28)19-11-12-22-21(25-19)26(2)14-16-7-4-3-5-8-16/h3-13H,14H2,1-2H3,(H,23,27)(H,24,28). The molecule has 0 saturated heterocycles. The van der Waals surface area contributed by atoms with Gasteiger partial charge in [0, 0.05) is 38.1 Å². The number of carbonyl (C=O) groups is 2. The van der Waals surface area contributed by atoms with Gasteiger partial charge in [0.15, 0.2) is 0 Å². The predicted octanol–water partition coefficient (Wildman–Crippen LogP) is 3.32. The highest BCUT2D eigenvalue weighted by Crippen LogP contribution is 2.16. The fourth-order valence-electron chi connectivity index (χ4n) is 2.66. The zero-order valence-electron chi connectivity index (χ0n) is 15.7. The van der Waals surface area contributed by atoms with Crippen LogP contribution in [-0.2, 0) is 11.3 Å². The summed E-state index contributed by atoms with van der Waals surface area (Å²) in [7, 11) is 1.88. The lowest BCUT2D eigenvalue weighted by atomic mass is 10.2. The van der Waals surface area contributed by atoms with E-state index in [0.29, 0.717) is 23.9 Å². The molecule has 1 heterocycles. The van der Waals surface area contributed by atoms with Gasteiger partial charge in [0.05, 0.1) is 0 Å². The monoisotopic (exact) mass is 375 g/mol. The summed E-state index contributed by atoms with van der Waals surface area (Å²) < 4.78 is 0. The number of nitrogens with zero attached hydrogens (tertiary/aromatic N) is 3. The summed E-state index contributed by atoms with van der Waals surface area (Å²) in [4.78, 5) is 34.3. The van der Waals surface area contributed by atoms with Crippen LogP contribution in [0, 0.1) is 0 Å². The van der Waals surface area contributed by atoms with Gasteiger partial charge in [-0.3, -0.25) is 9.59 Å². The topological polar surface area (TPSA) is 87.2 Å². The van der Waals surface area contributed by atoms with Crippen LogP contribution in [-0.4, -0.2) is 28.8 Å². The Morgan fingerprint density at radius 2 is 1.68 bits per heavy atom. The Bertz CT molecular complexity index is 975. The molecule has 1 aromatic heterocycles. The highest BCUT2D eigenvalue weighted by molar-refractivity contribution is 6.03. The smallest absolute Gasteiger partial charge is 0.274 e. The van der Waals surface area contributed by atoms with Gasteiger partial charge in [-0.05, 0) is 29.8 Å². The Morgan fingerprint density at radius 1 is 0.964 bits per heavy atom. The van der Waals surface area contributed by atoms with Gasteiger partial charge in [0.1, 0.15) is 5.69 Å². The van der Waals surface area contributed by atoms with Crippen molar-refractivity contribution >= 4 is 29.1 Å². The second kappa shape index (κ2) is 8.77. The van der Waals surface area contributed by atoms with Gasteiger partial charge in [-0.1, -0.05) is 36.4 Å². The minimum absolute atomic E-state index is 0.176. The fourth-order valence-corrected chi connectivity index (χ4v) is 2.66. The Morgan fingerprint density at radius 3 is 2.39 bits per heavy atom. The lowest BCUT2D eigenvalue weighted by Crippen LogP contribution is -2.21. The Balaban J connectivity index is 1.71. The molecule has 0 aliphatic carbocycles. The van der Waals surface area contributed by atoms with Crippen molar-refractivity contribution in [3.8, 4) is 0 Å². The first-order chi connectivity index (χ1) is 13.5. The fraction of sp³-hybridized carbons (Fsp3) is 0.143. The summed E-state index contributed by atoms with van der Waals surface area (Å²) in [6.07, 6.45) is 1.56. The molecule has 2 amide bonds. The van der Waals surface area contributed by atoms with Crippen LogP contribution < -0.4 is 15.5 Å². The normalized spacial score (nSPS) is 10.2.